The third kappa shape index (κ3) is 5.87. The summed E-state index contributed by atoms with van der Waals surface area (Å²) in [6.07, 6.45) is 4.85. The molecule has 3 atom stereocenters. The van der Waals surface area contributed by atoms with Gasteiger partial charge in [-0.05, 0) is 78.9 Å². The molecule has 2 aromatic carbocycles. The Bertz CT molecular complexity index is 852. The lowest BCUT2D eigenvalue weighted by Gasteiger charge is -2.41. The summed E-state index contributed by atoms with van der Waals surface area (Å²) < 4.78 is 11.8. The van der Waals surface area contributed by atoms with Crippen LogP contribution >= 0.6 is 0 Å². The van der Waals surface area contributed by atoms with E-state index in [0.29, 0.717) is 17.4 Å². The first-order valence-corrected chi connectivity index (χ1v) is 14.4. The maximum Gasteiger partial charge on any atom is 0.337 e. The summed E-state index contributed by atoms with van der Waals surface area (Å²) in [6.45, 7) is 11.7. The van der Waals surface area contributed by atoms with Crippen LogP contribution < -0.4 is 0 Å². The van der Waals surface area contributed by atoms with Crippen LogP contribution in [0.25, 0.3) is 0 Å². The van der Waals surface area contributed by atoms with Crippen LogP contribution in [0.15, 0.2) is 54.6 Å². The maximum absolute atomic E-state index is 11.7. The zero-order chi connectivity index (χ0) is 22.6. The van der Waals surface area contributed by atoms with E-state index in [2.05, 4.69) is 76.3 Å². The largest absolute Gasteiger partial charge is 0.465 e. The Morgan fingerprint density at radius 2 is 1.68 bits per heavy atom. The Labute approximate surface area is 189 Å². The van der Waals surface area contributed by atoms with Crippen LogP contribution in [-0.4, -0.2) is 21.4 Å². The van der Waals surface area contributed by atoms with Crippen molar-refractivity contribution in [3.05, 3.63) is 71.3 Å². The first-order valence-electron chi connectivity index (χ1n) is 11.5. The van der Waals surface area contributed by atoms with Gasteiger partial charge in [0.1, 0.15) is 0 Å². The molecule has 0 aromatic heterocycles. The maximum atomic E-state index is 11.7. The first-order chi connectivity index (χ1) is 14.6. The van der Waals surface area contributed by atoms with Crippen molar-refractivity contribution in [2.24, 2.45) is 11.8 Å². The van der Waals surface area contributed by atoms with Crippen LogP contribution in [0, 0.1) is 11.8 Å². The lowest BCUT2D eigenvalue weighted by atomic mass is 9.91. The van der Waals surface area contributed by atoms with E-state index < -0.39 is 8.32 Å². The Morgan fingerprint density at radius 1 is 1.03 bits per heavy atom. The summed E-state index contributed by atoms with van der Waals surface area (Å²) in [5, 5.41) is 0.194. The summed E-state index contributed by atoms with van der Waals surface area (Å²) in [4.78, 5) is 11.7. The molecular weight excluding hydrogens is 400 g/mol. The number of carbonyl (C=O) groups excluding carboxylic acids is 1. The predicted molar refractivity (Wildman–Crippen MR) is 130 cm³/mol. The molecule has 0 spiro atoms. The fourth-order valence-corrected chi connectivity index (χ4v) is 5.69. The van der Waals surface area contributed by atoms with E-state index in [-0.39, 0.29) is 17.1 Å². The molecule has 168 valence electrons. The minimum atomic E-state index is -1.88. The van der Waals surface area contributed by atoms with E-state index in [1.807, 2.05) is 12.1 Å². The highest BCUT2D eigenvalue weighted by Crippen LogP contribution is 2.47. The van der Waals surface area contributed by atoms with Gasteiger partial charge < -0.3 is 9.16 Å². The third-order valence-corrected chi connectivity index (χ3v) is 11.7. The summed E-state index contributed by atoms with van der Waals surface area (Å²) in [5.74, 6) is 0.931. The van der Waals surface area contributed by atoms with E-state index in [0.717, 1.165) is 6.42 Å². The molecule has 1 aliphatic rings. The highest BCUT2D eigenvalue weighted by molar-refractivity contribution is 6.74. The van der Waals surface area contributed by atoms with E-state index in [1.165, 1.54) is 37.5 Å². The Balaban J connectivity index is 1.71. The van der Waals surface area contributed by atoms with Crippen LogP contribution in [-0.2, 0) is 15.6 Å². The lowest BCUT2D eigenvalue weighted by Crippen LogP contribution is -2.43. The van der Waals surface area contributed by atoms with Crippen LogP contribution in [0.2, 0.25) is 18.1 Å². The molecule has 3 rings (SSSR count). The van der Waals surface area contributed by atoms with Crippen molar-refractivity contribution in [2.75, 3.05) is 7.11 Å². The van der Waals surface area contributed by atoms with E-state index >= 15 is 0 Å². The van der Waals surface area contributed by atoms with Gasteiger partial charge in [0.05, 0.1) is 18.8 Å². The summed E-state index contributed by atoms with van der Waals surface area (Å²) >= 11 is 0. The molecular formula is C27H38O3Si. The average Bonchev–Trinajstić information content (AvgIpc) is 3.20. The summed E-state index contributed by atoms with van der Waals surface area (Å²) in [7, 11) is -0.458. The summed E-state index contributed by atoms with van der Waals surface area (Å²) in [5.41, 5.74) is 3.22. The fraction of sp³-hybridized carbons (Fsp3) is 0.519. The van der Waals surface area contributed by atoms with Crippen LogP contribution in [0.1, 0.15) is 67.6 Å². The van der Waals surface area contributed by atoms with E-state index in [9.17, 15) is 4.79 Å². The second-order valence-electron chi connectivity index (χ2n) is 10.5. The standard InChI is InChI=1S/C27H38O3Si/c1-27(2,3)31(5,6)30-25(22-10-8-7-9-11-22)24-17-14-21(19-24)18-20-12-15-23(16-13-20)26(28)29-4/h7-13,15-16,21,24-25H,14,17-19H2,1-6H3/t21-,24-,25+/m0/s1. The molecule has 3 nitrogen and oxygen atoms in total. The molecule has 0 amide bonds. The van der Waals surface area contributed by atoms with Gasteiger partial charge in [0.25, 0.3) is 0 Å². The Kier molecular flexibility index (Phi) is 7.43. The highest BCUT2D eigenvalue weighted by atomic mass is 28.4. The number of hydrogen-bond acceptors (Lipinski definition) is 3. The fourth-order valence-electron chi connectivity index (χ4n) is 4.38. The minimum absolute atomic E-state index is 0.175. The molecule has 0 unspecified atom stereocenters. The quantitative estimate of drug-likeness (QED) is 0.339. The van der Waals surface area contributed by atoms with Gasteiger partial charge in [0.15, 0.2) is 8.32 Å². The molecule has 2 aromatic rings. The zero-order valence-electron chi connectivity index (χ0n) is 20.0. The molecule has 31 heavy (non-hydrogen) atoms. The normalized spacial score (nSPS) is 20.5. The number of hydrogen-bond donors (Lipinski definition) is 0. The number of methoxy groups -OCH3 is 1. The van der Waals surface area contributed by atoms with Gasteiger partial charge in [-0.1, -0.05) is 63.2 Å². The van der Waals surface area contributed by atoms with Crippen molar-refractivity contribution in [1.82, 2.24) is 0 Å². The number of ether oxygens (including phenoxy) is 1. The average molecular weight is 439 g/mol. The first kappa shape index (κ1) is 23.7. The molecule has 1 aliphatic carbocycles. The molecule has 4 heteroatoms. The van der Waals surface area contributed by atoms with Gasteiger partial charge in [-0.15, -0.1) is 0 Å². The van der Waals surface area contributed by atoms with Crippen molar-refractivity contribution < 1.29 is 14.0 Å². The number of esters is 1. The van der Waals surface area contributed by atoms with Gasteiger partial charge in [-0.25, -0.2) is 4.79 Å². The molecule has 1 fully saturated rings. The second-order valence-corrected chi connectivity index (χ2v) is 15.3. The highest BCUT2D eigenvalue weighted by Gasteiger charge is 2.42. The van der Waals surface area contributed by atoms with E-state index in [1.54, 1.807) is 0 Å². The number of rotatable bonds is 7. The van der Waals surface area contributed by atoms with Crippen LogP contribution in [0.3, 0.4) is 0 Å². The Morgan fingerprint density at radius 3 is 2.26 bits per heavy atom. The lowest BCUT2D eigenvalue weighted by molar-refractivity contribution is 0.0600. The third-order valence-electron chi connectivity index (χ3n) is 7.27. The van der Waals surface area contributed by atoms with Gasteiger partial charge in [0.2, 0.25) is 0 Å². The molecule has 0 saturated heterocycles. The second kappa shape index (κ2) is 9.70. The van der Waals surface area contributed by atoms with Crippen LogP contribution in [0.4, 0.5) is 0 Å². The number of benzene rings is 2. The van der Waals surface area contributed by atoms with E-state index in [4.69, 9.17) is 9.16 Å². The molecule has 0 radical (unpaired) electrons. The van der Waals surface area contributed by atoms with Gasteiger partial charge in [0, 0.05) is 0 Å². The molecule has 0 heterocycles. The number of carbonyl (C=O) groups is 1. The molecule has 0 N–H and O–H groups in total. The zero-order valence-corrected chi connectivity index (χ0v) is 21.0. The SMILES string of the molecule is COC(=O)c1ccc(C[C@@H]2CC[C@H]([C@H](O[Si](C)(C)C(C)(C)C)c3ccccc3)C2)cc1. The minimum Gasteiger partial charge on any atom is -0.465 e. The van der Waals surface area contributed by atoms with Crippen molar-refractivity contribution in [2.45, 2.75) is 70.7 Å². The van der Waals surface area contributed by atoms with Gasteiger partial charge in [-0.2, -0.15) is 0 Å². The van der Waals surface area contributed by atoms with Crippen molar-refractivity contribution >= 4 is 14.3 Å². The topological polar surface area (TPSA) is 35.5 Å². The van der Waals surface area contributed by atoms with Gasteiger partial charge in [-0.3, -0.25) is 0 Å². The molecule has 1 saturated carbocycles. The Hall–Kier alpha value is -1.91. The van der Waals surface area contributed by atoms with Crippen LogP contribution in [0.5, 0.6) is 0 Å². The van der Waals surface area contributed by atoms with Crippen molar-refractivity contribution in [3.8, 4) is 0 Å². The van der Waals surface area contributed by atoms with Crippen molar-refractivity contribution in [1.29, 1.82) is 0 Å². The van der Waals surface area contributed by atoms with Gasteiger partial charge >= 0.3 is 5.97 Å². The monoisotopic (exact) mass is 438 g/mol. The van der Waals surface area contributed by atoms with Crippen molar-refractivity contribution in [3.63, 3.8) is 0 Å². The molecule has 0 aliphatic heterocycles. The smallest absolute Gasteiger partial charge is 0.337 e. The molecule has 0 bridgehead atoms. The summed E-state index contributed by atoms with van der Waals surface area (Å²) in [6, 6.07) is 18.7. The predicted octanol–water partition coefficient (Wildman–Crippen LogP) is 7.20.